The van der Waals surface area contributed by atoms with Crippen LogP contribution in [0.2, 0.25) is 0 Å². The lowest BCUT2D eigenvalue weighted by Crippen LogP contribution is -2.52. The number of nitrogens with one attached hydrogen (secondary N) is 1. The summed E-state index contributed by atoms with van der Waals surface area (Å²) in [6.07, 6.45) is 6.21. The standard InChI is InChI=1S/C14H28N2OS/c1-13(2,3)18-10-12(16-15)11-5-8-17-14(9-11)6-4-7-14/h11-12,16H,4-10,15H2,1-3H3. The van der Waals surface area contributed by atoms with Crippen molar-refractivity contribution in [2.45, 2.75) is 69.3 Å². The molecule has 0 aromatic heterocycles. The maximum atomic E-state index is 6.00. The minimum atomic E-state index is 0.227. The Balaban J connectivity index is 1.87. The molecule has 1 heterocycles. The summed E-state index contributed by atoms with van der Waals surface area (Å²) in [5, 5.41) is 0. The van der Waals surface area contributed by atoms with Crippen LogP contribution in [0.5, 0.6) is 0 Å². The van der Waals surface area contributed by atoms with E-state index in [1.165, 1.54) is 25.7 Å². The van der Waals surface area contributed by atoms with Gasteiger partial charge in [-0.25, -0.2) is 0 Å². The number of ether oxygens (including phenoxy) is 1. The highest BCUT2D eigenvalue weighted by Crippen LogP contribution is 2.45. The van der Waals surface area contributed by atoms with Crippen LogP contribution in [0.1, 0.15) is 52.9 Å². The van der Waals surface area contributed by atoms with Crippen molar-refractivity contribution in [3.8, 4) is 0 Å². The minimum Gasteiger partial charge on any atom is -0.375 e. The number of hydrogen-bond donors (Lipinski definition) is 2. The fourth-order valence-electron chi connectivity index (χ4n) is 2.99. The third kappa shape index (κ3) is 3.62. The first-order valence-corrected chi connectivity index (χ1v) is 8.17. The van der Waals surface area contributed by atoms with Crippen molar-refractivity contribution in [2.75, 3.05) is 12.4 Å². The van der Waals surface area contributed by atoms with Crippen LogP contribution in [0.4, 0.5) is 0 Å². The van der Waals surface area contributed by atoms with E-state index in [4.69, 9.17) is 10.6 Å². The predicted octanol–water partition coefficient (Wildman–Crippen LogP) is 2.70. The smallest absolute Gasteiger partial charge is 0.0685 e. The Morgan fingerprint density at radius 1 is 1.44 bits per heavy atom. The fraction of sp³-hybridized carbons (Fsp3) is 1.00. The number of rotatable bonds is 4. The van der Waals surface area contributed by atoms with Crippen LogP contribution >= 0.6 is 11.8 Å². The van der Waals surface area contributed by atoms with Crippen molar-refractivity contribution < 1.29 is 4.74 Å². The Morgan fingerprint density at radius 2 is 2.17 bits per heavy atom. The molecule has 106 valence electrons. The van der Waals surface area contributed by atoms with E-state index < -0.39 is 0 Å². The summed E-state index contributed by atoms with van der Waals surface area (Å²) >= 11 is 2.00. The first kappa shape index (κ1) is 14.6. The molecule has 2 aliphatic rings. The normalized spacial score (nSPS) is 29.0. The topological polar surface area (TPSA) is 47.3 Å². The van der Waals surface area contributed by atoms with Gasteiger partial charge in [0.05, 0.1) is 5.60 Å². The zero-order valence-corrected chi connectivity index (χ0v) is 12.8. The SMILES string of the molecule is CC(C)(C)SCC(NN)C1CCOC2(CCC2)C1. The summed E-state index contributed by atoms with van der Waals surface area (Å²) in [6, 6.07) is 0.426. The first-order valence-electron chi connectivity index (χ1n) is 7.18. The molecule has 0 bridgehead atoms. The molecule has 3 N–H and O–H groups in total. The zero-order chi connectivity index (χ0) is 13.2. The Bertz CT molecular complexity index is 273. The molecule has 0 aromatic rings. The molecular formula is C14H28N2OS. The van der Waals surface area contributed by atoms with Gasteiger partial charge >= 0.3 is 0 Å². The molecule has 2 atom stereocenters. The van der Waals surface area contributed by atoms with Crippen LogP contribution < -0.4 is 11.3 Å². The number of hydrazine groups is 1. The van der Waals surface area contributed by atoms with Crippen LogP contribution in [0.3, 0.4) is 0 Å². The summed E-state index contributed by atoms with van der Waals surface area (Å²) in [6.45, 7) is 7.72. The van der Waals surface area contributed by atoms with Gasteiger partial charge in [0.25, 0.3) is 0 Å². The van der Waals surface area contributed by atoms with Gasteiger partial charge in [-0.3, -0.25) is 11.3 Å². The number of nitrogens with two attached hydrogens (primary N) is 1. The van der Waals surface area contributed by atoms with E-state index in [0.29, 0.717) is 16.7 Å². The summed E-state index contributed by atoms with van der Waals surface area (Å²) in [5.74, 6) is 7.55. The summed E-state index contributed by atoms with van der Waals surface area (Å²) < 4.78 is 6.31. The number of thioether (sulfide) groups is 1. The Morgan fingerprint density at radius 3 is 2.67 bits per heavy atom. The van der Waals surface area contributed by atoms with Gasteiger partial charge in [0.15, 0.2) is 0 Å². The first-order chi connectivity index (χ1) is 8.44. The minimum absolute atomic E-state index is 0.227. The van der Waals surface area contributed by atoms with E-state index in [1.54, 1.807) is 0 Å². The molecule has 1 aliphatic heterocycles. The second-order valence-corrected chi connectivity index (χ2v) is 8.68. The molecule has 3 nitrogen and oxygen atoms in total. The third-order valence-electron chi connectivity index (χ3n) is 4.27. The molecule has 1 saturated carbocycles. The van der Waals surface area contributed by atoms with E-state index in [-0.39, 0.29) is 5.60 Å². The van der Waals surface area contributed by atoms with Crippen LogP contribution in [0, 0.1) is 5.92 Å². The lowest BCUT2D eigenvalue weighted by Gasteiger charge is -2.48. The molecule has 1 aliphatic carbocycles. The van der Waals surface area contributed by atoms with E-state index in [1.807, 2.05) is 11.8 Å². The van der Waals surface area contributed by atoms with E-state index in [9.17, 15) is 0 Å². The van der Waals surface area contributed by atoms with Gasteiger partial charge in [-0.2, -0.15) is 11.8 Å². The van der Waals surface area contributed by atoms with Crippen LogP contribution in [0.25, 0.3) is 0 Å². The van der Waals surface area contributed by atoms with E-state index in [0.717, 1.165) is 18.8 Å². The van der Waals surface area contributed by atoms with Gasteiger partial charge in [-0.15, -0.1) is 0 Å². The summed E-state index contributed by atoms with van der Waals surface area (Å²) in [5.41, 5.74) is 3.28. The maximum Gasteiger partial charge on any atom is 0.0685 e. The Hall–Kier alpha value is 0.230. The van der Waals surface area contributed by atoms with Crippen molar-refractivity contribution >= 4 is 11.8 Å². The average molecular weight is 272 g/mol. The molecule has 1 spiro atoms. The Kier molecular flexibility index (Phi) is 4.63. The highest BCUT2D eigenvalue weighted by molar-refractivity contribution is 8.00. The van der Waals surface area contributed by atoms with Gasteiger partial charge in [0.1, 0.15) is 0 Å². The van der Waals surface area contributed by atoms with Gasteiger partial charge in [0, 0.05) is 23.1 Å². The lowest BCUT2D eigenvalue weighted by atomic mass is 9.70. The van der Waals surface area contributed by atoms with Gasteiger partial charge in [-0.1, -0.05) is 20.8 Å². The van der Waals surface area contributed by atoms with Crippen molar-refractivity contribution in [1.82, 2.24) is 5.43 Å². The third-order valence-corrected chi connectivity index (χ3v) is 5.67. The predicted molar refractivity (Wildman–Crippen MR) is 78.6 cm³/mol. The average Bonchev–Trinajstić information content (AvgIpc) is 2.27. The zero-order valence-electron chi connectivity index (χ0n) is 12.0. The summed E-state index contributed by atoms with van der Waals surface area (Å²) in [7, 11) is 0. The van der Waals surface area contributed by atoms with Crippen molar-refractivity contribution in [3.05, 3.63) is 0 Å². The number of hydrogen-bond acceptors (Lipinski definition) is 4. The molecule has 4 heteroatoms. The second-order valence-electron chi connectivity index (χ2n) is 6.83. The molecule has 2 rings (SSSR count). The van der Waals surface area contributed by atoms with E-state index in [2.05, 4.69) is 26.2 Å². The van der Waals surface area contributed by atoms with Gasteiger partial charge in [0.2, 0.25) is 0 Å². The quantitative estimate of drug-likeness (QED) is 0.610. The summed E-state index contributed by atoms with van der Waals surface area (Å²) in [4.78, 5) is 0. The van der Waals surface area contributed by atoms with Crippen molar-refractivity contribution in [1.29, 1.82) is 0 Å². The fourth-order valence-corrected chi connectivity index (χ4v) is 4.04. The highest BCUT2D eigenvalue weighted by atomic mass is 32.2. The highest BCUT2D eigenvalue weighted by Gasteiger charge is 2.44. The lowest BCUT2D eigenvalue weighted by molar-refractivity contribution is -0.146. The molecular weight excluding hydrogens is 244 g/mol. The monoisotopic (exact) mass is 272 g/mol. The van der Waals surface area contributed by atoms with Crippen LogP contribution in [0.15, 0.2) is 0 Å². The van der Waals surface area contributed by atoms with Crippen LogP contribution in [-0.4, -0.2) is 28.7 Å². The molecule has 18 heavy (non-hydrogen) atoms. The molecule has 1 saturated heterocycles. The molecule has 0 amide bonds. The molecule has 0 radical (unpaired) electrons. The van der Waals surface area contributed by atoms with Crippen LogP contribution in [-0.2, 0) is 4.74 Å². The molecule has 0 aromatic carbocycles. The molecule has 2 unspecified atom stereocenters. The van der Waals surface area contributed by atoms with E-state index >= 15 is 0 Å². The van der Waals surface area contributed by atoms with Crippen molar-refractivity contribution in [2.24, 2.45) is 11.8 Å². The largest absolute Gasteiger partial charge is 0.375 e. The second kappa shape index (κ2) is 5.70. The molecule has 2 fully saturated rings. The maximum absolute atomic E-state index is 6.00. The van der Waals surface area contributed by atoms with Gasteiger partial charge < -0.3 is 4.74 Å². The van der Waals surface area contributed by atoms with Gasteiger partial charge in [-0.05, 0) is 38.0 Å². The Labute approximate surface area is 116 Å². The van der Waals surface area contributed by atoms with Crippen molar-refractivity contribution in [3.63, 3.8) is 0 Å².